The fourth-order valence-electron chi connectivity index (χ4n) is 1.81. The van der Waals surface area contributed by atoms with Crippen LogP contribution in [0.5, 0.6) is 0 Å². The van der Waals surface area contributed by atoms with Gasteiger partial charge in [0.15, 0.2) is 0 Å². The Bertz CT molecular complexity index is 442. The molecular formula is C11H13N3. The molecule has 2 N–H and O–H groups in total. The molecule has 1 aliphatic rings. The first-order valence-electron chi connectivity index (χ1n) is 5.11. The van der Waals surface area contributed by atoms with E-state index in [0.717, 1.165) is 11.0 Å². The number of aromatic nitrogens is 2. The molecule has 72 valence electrons. The van der Waals surface area contributed by atoms with E-state index in [2.05, 4.69) is 27.4 Å². The predicted octanol–water partition coefficient (Wildman–Crippen LogP) is 2.53. The first-order chi connectivity index (χ1) is 6.92. The molecule has 0 atom stereocenters. The Hall–Kier alpha value is -1.51. The van der Waals surface area contributed by atoms with E-state index in [-0.39, 0.29) is 0 Å². The quantitative estimate of drug-likeness (QED) is 0.758. The molecule has 1 heterocycles. The standard InChI is InChI=1S/C11H13N3/c1-2-8(3-1)14-9-4-5-10-11(6-9)13-7-12-10/h4-8,14H,1-3H2,(H,12,13). The van der Waals surface area contributed by atoms with Crippen molar-refractivity contribution in [3.05, 3.63) is 24.5 Å². The van der Waals surface area contributed by atoms with Crippen LogP contribution in [0.4, 0.5) is 5.69 Å². The summed E-state index contributed by atoms with van der Waals surface area (Å²) in [7, 11) is 0. The molecule has 3 heteroatoms. The number of rotatable bonds is 2. The number of nitrogens with one attached hydrogen (secondary N) is 2. The summed E-state index contributed by atoms with van der Waals surface area (Å²) in [5, 5.41) is 3.51. The monoisotopic (exact) mass is 187 g/mol. The molecule has 0 spiro atoms. The molecule has 0 amide bonds. The third-order valence-electron chi connectivity index (χ3n) is 2.90. The van der Waals surface area contributed by atoms with Gasteiger partial charge in [-0.25, -0.2) is 4.98 Å². The number of H-pyrrole nitrogens is 1. The van der Waals surface area contributed by atoms with Crippen molar-refractivity contribution in [3.8, 4) is 0 Å². The Labute approximate surface area is 82.5 Å². The summed E-state index contributed by atoms with van der Waals surface area (Å²) >= 11 is 0. The molecule has 14 heavy (non-hydrogen) atoms. The van der Waals surface area contributed by atoms with Crippen LogP contribution in [0.3, 0.4) is 0 Å². The van der Waals surface area contributed by atoms with E-state index < -0.39 is 0 Å². The maximum Gasteiger partial charge on any atom is 0.0931 e. The minimum absolute atomic E-state index is 0.690. The van der Waals surface area contributed by atoms with E-state index >= 15 is 0 Å². The average molecular weight is 187 g/mol. The molecule has 1 saturated carbocycles. The zero-order chi connectivity index (χ0) is 9.38. The van der Waals surface area contributed by atoms with E-state index in [4.69, 9.17) is 0 Å². The van der Waals surface area contributed by atoms with Crippen molar-refractivity contribution in [1.29, 1.82) is 0 Å². The second-order valence-electron chi connectivity index (χ2n) is 3.91. The molecular weight excluding hydrogens is 174 g/mol. The third-order valence-corrected chi connectivity index (χ3v) is 2.90. The van der Waals surface area contributed by atoms with Crippen molar-refractivity contribution in [2.75, 3.05) is 5.32 Å². The summed E-state index contributed by atoms with van der Waals surface area (Å²) in [4.78, 5) is 7.31. The minimum atomic E-state index is 0.690. The number of anilines is 1. The van der Waals surface area contributed by atoms with Crippen LogP contribution < -0.4 is 5.32 Å². The average Bonchev–Trinajstić information content (AvgIpc) is 2.58. The maximum atomic E-state index is 4.19. The topological polar surface area (TPSA) is 40.7 Å². The van der Waals surface area contributed by atoms with Gasteiger partial charge < -0.3 is 10.3 Å². The first kappa shape index (κ1) is 7.85. The summed E-state index contributed by atoms with van der Waals surface area (Å²) in [6.07, 6.45) is 5.71. The van der Waals surface area contributed by atoms with E-state index in [9.17, 15) is 0 Å². The Morgan fingerprint density at radius 3 is 3.07 bits per heavy atom. The third kappa shape index (κ3) is 1.25. The van der Waals surface area contributed by atoms with Gasteiger partial charge >= 0.3 is 0 Å². The number of fused-ring (bicyclic) bond motifs is 1. The zero-order valence-electron chi connectivity index (χ0n) is 7.96. The highest BCUT2D eigenvalue weighted by molar-refractivity contribution is 5.78. The van der Waals surface area contributed by atoms with Crippen LogP contribution in [0, 0.1) is 0 Å². The molecule has 0 bridgehead atoms. The van der Waals surface area contributed by atoms with Gasteiger partial charge in [-0.2, -0.15) is 0 Å². The van der Waals surface area contributed by atoms with Crippen molar-refractivity contribution >= 4 is 16.7 Å². The molecule has 3 rings (SSSR count). The van der Waals surface area contributed by atoms with Crippen molar-refractivity contribution in [2.45, 2.75) is 25.3 Å². The minimum Gasteiger partial charge on any atom is -0.382 e. The molecule has 1 aromatic carbocycles. The number of aromatic amines is 1. The van der Waals surface area contributed by atoms with Gasteiger partial charge in [0.2, 0.25) is 0 Å². The Morgan fingerprint density at radius 2 is 2.29 bits per heavy atom. The highest BCUT2D eigenvalue weighted by atomic mass is 14.9. The van der Waals surface area contributed by atoms with Crippen LogP contribution in [-0.2, 0) is 0 Å². The number of benzene rings is 1. The summed E-state index contributed by atoms with van der Waals surface area (Å²) < 4.78 is 0. The lowest BCUT2D eigenvalue weighted by Gasteiger charge is -2.27. The second-order valence-corrected chi connectivity index (χ2v) is 3.91. The summed E-state index contributed by atoms with van der Waals surface area (Å²) in [5.74, 6) is 0. The van der Waals surface area contributed by atoms with Crippen LogP contribution >= 0.6 is 0 Å². The zero-order valence-corrected chi connectivity index (χ0v) is 7.96. The van der Waals surface area contributed by atoms with Gasteiger partial charge in [-0.15, -0.1) is 0 Å². The normalized spacial score (nSPS) is 16.9. The number of imidazole rings is 1. The van der Waals surface area contributed by atoms with Crippen molar-refractivity contribution < 1.29 is 0 Å². The predicted molar refractivity (Wildman–Crippen MR) is 57.4 cm³/mol. The van der Waals surface area contributed by atoms with E-state index in [0.29, 0.717) is 6.04 Å². The Balaban J connectivity index is 1.88. The van der Waals surface area contributed by atoms with Gasteiger partial charge in [0.1, 0.15) is 0 Å². The number of hydrogen-bond acceptors (Lipinski definition) is 2. The van der Waals surface area contributed by atoms with E-state index in [1.54, 1.807) is 6.33 Å². The highest BCUT2D eigenvalue weighted by Crippen LogP contribution is 2.24. The van der Waals surface area contributed by atoms with Gasteiger partial charge in [-0.3, -0.25) is 0 Å². The smallest absolute Gasteiger partial charge is 0.0931 e. The summed E-state index contributed by atoms with van der Waals surface area (Å²) in [5.41, 5.74) is 3.34. The van der Waals surface area contributed by atoms with Crippen LogP contribution in [0.25, 0.3) is 11.0 Å². The van der Waals surface area contributed by atoms with Gasteiger partial charge in [0.05, 0.1) is 17.4 Å². The largest absolute Gasteiger partial charge is 0.382 e. The first-order valence-corrected chi connectivity index (χ1v) is 5.11. The molecule has 0 aliphatic heterocycles. The second kappa shape index (κ2) is 3.01. The summed E-state index contributed by atoms with van der Waals surface area (Å²) in [6, 6.07) is 6.96. The lowest BCUT2D eigenvalue weighted by Crippen LogP contribution is -2.26. The van der Waals surface area contributed by atoms with Gasteiger partial charge in [0.25, 0.3) is 0 Å². The Kier molecular flexibility index (Phi) is 1.69. The number of nitrogens with zero attached hydrogens (tertiary/aromatic N) is 1. The fraction of sp³-hybridized carbons (Fsp3) is 0.364. The van der Waals surface area contributed by atoms with Crippen molar-refractivity contribution in [1.82, 2.24) is 9.97 Å². The molecule has 1 fully saturated rings. The Morgan fingerprint density at radius 1 is 1.36 bits per heavy atom. The molecule has 2 aromatic rings. The van der Waals surface area contributed by atoms with Crippen LogP contribution in [0.1, 0.15) is 19.3 Å². The molecule has 3 nitrogen and oxygen atoms in total. The van der Waals surface area contributed by atoms with E-state index in [1.165, 1.54) is 24.9 Å². The van der Waals surface area contributed by atoms with Gasteiger partial charge in [0, 0.05) is 11.7 Å². The van der Waals surface area contributed by atoms with Crippen LogP contribution in [-0.4, -0.2) is 16.0 Å². The highest BCUT2D eigenvalue weighted by Gasteiger charge is 2.16. The van der Waals surface area contributed by atoms with Gasteiger partial charge in [-0.1, -0.05) is 0 Å². The molecule has 1 aromatic heterocycles. The SMILES string of the molecule is c1nc2ccc(NC3CCC3)cc2[nH]1. The maximum absolute atomic E-state index is 4.19. The van der Waals surface area contributed by atoms with Crippen LogP contribution in [0.15, 0.2) is 24.5 Å². The summed E-state index contributed by atoms with van der Waals surface area (Å²) in [6.45, 7) is 0. The van der Waals surface area contributed by atoms with Gasteiger partial charge in [-0.05, 0) is 37.5 Å². The van der Waals surface area contributed by atoms with Crippen LogP contribution in [0.2, 0.25) is 0 Å². The fourth-order valence-corrected chi connectivity index (χ4v) is 1.81. The molecule has 0 unspecified atom stereocenters. The van der Waals surface area contributed by atoms with Crippen molar-refractivity contribution in [2.24, 2.45) is 0 Å². The molecule has 1 aliphatic carbocycles. The lowest BCUT2D eigenvalue weighted by atomic mass is 9.93. The molecule has 0 radical (unpaired) electrons. The molecule has 0 saturated heterocycles. The lowest BCUT2D eigenvalue weighted by molar-refractivity contribution is 0.445. The van der Waals surface area contributed by atoms with E-state index in [1.807, 2.05) is 6.07 Å². The van der Waals surface area contributed by atoms with Crippen molar-refractivity contribution in [3.63, 3.8) is 0 Å². The number of hydrogen-bond donors (Lipinski definition) is 2.